The average Bonchev–Trinajstić information content (AvgIpc) is 2.02. The molecule has 72 valence electrons. The molecule has 0 saturated heterocycles. The van der Waals surface area contributed by atoms with Gasteiger partial charge in [-0.3, -0.25) is 0 Å². The molecule has 1 rings (SSSR count). The Morgan fingerprint density at radius 3 is 2.31 bits per heavy atom. The minimum atomic E-state index is -0.594. The molecule has 5 heteroatoms. The third-order valence-electron chi connectivity index (χ3n) is 1.58. The fourth-order valence-electron chi connectivity index (χ4n) is 0.972. The first kappa shape index (κ1) is 10.6. The zero-order chi connectivity index (χ0) is 9.84. The second-order valence-corrected chi connectivity index (χ2v) is 3.38. The Morgan fingerprint density at radius 1 is 1.31 bits per heavy atom. The third kappa shape index (κ3) is 2.72. The van der Waals surface area contributed by atoms with Crippen molar-refractivity contribution >= 4 is 15.9 Å². The lowest BCUT2D eigenvalue weighted by molar-refractivity contribution is 0.140. The number of nitrogens with two attached hydrogens (primary N) is 1. The second-order valence-electron chi connectivity index (χ2n) is 2.47. The predicted molar refractivity (Wildman–Crippen MR) is 47.9 cm³/mol. The van der Waals surface area contributed by atoms with Gasteiger partial charge in [-0.25, -0.2) is 14.7 Å². The highest BCUT2D eigenvalue weighted by Crippen LogP contribution is 2.19. The van der Waals surface area contributed by atoms with Crippen LogP contribution >= 0.6 is 15.9 Å². The van der Waals surface area contributed by atoms with Crippen molar-refractivity contribution in [3.63, 3.8) is 0 Å². The summed E-state index contributed by atoms with van der Waals surface area (Å²) in [6.07, 6.45) is 0.126. The molecule has 0 aliphatic carbocycles. The first-order valence-corrected chi connectivity index (χ1v) is 4.39. The van der Waals surface area contributed by atoms with Gasteiger partial charge in [-0.05, 0) is 12.1 Å². The Bertz CT molecular complexity index is 283. The molecule has 0 unspecified atom stereocenters. The van der Waals surface area contributed by atoms with Crippen molar-refractivity contribution in [3.8, 4) is 0 Å². The largest absolute Gasteiger partial charge is 0.304 e. The van der Waals surface area contributed by atoms with Crippen LogP contribution < -0.4 is 5.90 Å². The van der Waals surface area contributed by atoms with Crippen LogP contribution in [0.4, 0.5) is 8.78 Å². The third-order valence-corrected chi connectivity index (χ3v) is 2.03. The standard InChI is InChI=1S/C8H8BrF2NO/c9-5-3-7(10)6(1-2-13-12)8(11)4-5/h3-4H,1-2,12H2. The average molecular weight is 252 g/mol. The van der Waals surface area contributed by atoms with Crippen LogP contribution in [0.3, 0.4) is 0 Å². The van der Waals surface area contributed by atoms with Crippen molar-refractivity contribution in [1.82, 2.24) is 0 Å². The van der Waals surface area contributed by atoms with Gasteiger partial charge in [0.25, 0.3) is 0 Å². The normalized spacial score (nSPS) is 10.5. The fourth-order valence-corrected chi connectivity index (χ4v) is 1.37. The van der Waals surface area contributed by atoms with Gasteiger partial charge in [0.05, 0.1) is 6.61 Å². The molecule has 1 aromatic rings. The predicted octanol–water partition coefficient (Wildman–Crippen LogP) is 2.16. The quantitative estimate of drug-likeness (QED) is 0.836. The summed E-state index contributed by atoms with van der Waals surface area (Å²) in [6.45, 7) is 0.0927. The summed E-state index contributed by atoms with van der Waals surface area (Å²) >= 11 is 2.98. The number of halogens is 3. The van der Waals surface area contributed by atoms with Crippen molar-refractivity contribution < 1.29 is 13.6 Å². The van der Waals surface area contributed by atoms with Gasteiger partial charge in [-0.15, -0.1) is 0 Å². The second kappa shape index (κ2) is 4.64. The van der Waals surface area contributed by atoms with Crippen LogP contribution in [0.5, 0.6) is 0 Å². The molecular weight excluding hydrogens is 244 g/mol. The molecule has 13 heavy (non-hydrogen) atoms. The Hall–Kier alpha value is -0.520. The molecule has 0 aliphatic heterocycles. The summed E-state index contributed by atoms with van der Waals surface area (Å²) in [7, 11) is 0. The molecule has 0 spiro atoms. The molecule has 2 N–H and O–H groups in total. The molecule has 0 aliphatic rings. The van der Waals surface area contributed by atoms with E-state index in [9.17, 15) is 8.78 Å². The van der Waals surface area contributed by atoms with Crippen molar-refractivity contribution in [2.75, 3.05) is 6.61 Å². The van der Waals surface area contributed by atoms with E-state index in [0.717, 1.165) is 0 Å². The summed E-state index contributed by atoms with van der Waals surface area (Å²) in [4.78, 5) is 4.24. The molecular formula is C8H8BrF2NO. The van der Waals surface area contributed by atoms with Gasteiger partial charge in [0.15, 0.2) is 0 Å². The van der Waals surface area contributed by atoms with Gasteiger partial charge < -0.3 is 4.84 Å². The maximum absolute atomic E-state index is 13.1. The van der Waals surface area contributed by atoms with E-state index in [-0.39, 0.29) is 18.6 Å². The maximum Gasteiger partial charge on any atom is 0.130 e. The highest BCUT2D eigenvalue weighted by Gasteiger charge is 2.09. The van der Waals surface area contributed by atoms with Gasteiger partial charge in [0.2, 0.25) is 0 Å². The lowest BCUT2D eigenvalue weighted by Gasteiger charge is -2.04. The van der Waals surface area contributed by atoms with Gasteiger partial charge >= 0.3 is 0 Å². The Kier molecular flexibility index (Phi) is 3.77. The van der Waals surface area contributed by atoms with Crippen LogP contribution in [0.15, 0.2) is 16.6 Å². The van der Waals surface area contributed by atoms with Crippen LogP contribution in [0, 0.1) is 11.6 Å². The van der Waals surface area contributed by atoms with Crippen LogP contribution in [-0.2, 0) is 11.3 Å². The highest BCUT2D eigenvalue weighted by atomic mass is 79.9. The van der Waals surface area contributed by atoms with Crippen LogP contribution in [-0.4, -0.2) is 6.61 Å². The van der Waals surface area contributed by atoms with Gasteiger partial charge in [0.1, 0.15) is 11.6 Å². The van der Waals surface area contributed by atoms with Crippen LogP contribution in [0.1, 0.15) is 5.56 Å². The van der Waals surface area contributed by atoms with E-state index in [1.165, 1.54) is 12.1 Å². The number of hydrogen-bond donors (Lipinski definition) is 1. The van der Waals surface area contributed by atoms with E-state index in [4.69, 9.17) is 5.90 Å². The summed E-state index contributed by atoms with van der Waals surface area (Å²) < 4.78 is 26.5. The Morgan fingerprint density at radius 2 is 1.85 bits per heavy atom. The summed E-state index contributed by atoms with van der Waals surface area (Å²) in [5.74, 6) is 3.57. The fraction of sp³-hybridized carbons (Fsp3) is 0.250. The Labute approximate surface area is 82.8 Å². The van der Waals surface area contributed by atoms with Gasteiger partial charge in [0, 0.05) is 16.5 Å². The molecule has 2 nitrogen and oxygen atoms in total. The minimum absolute atomic E-state index is 0.00588. The molecule has 0 atom stereocenters. The summed E-state index contributed by atoms with van der Waals surface area (Å²) in [5, 5.41) is 0. The van der Waals surface area contributed by atoms with E-state index < -0.39 is 11.6 Å². The van der Waals surface area contributed by atoms with Crippen molar-refractivity contribution in [1.29, 1.82) is 0 Å². The van der Waals surface area contributed by atoms with Crippen molar-refractivity contribution in [3.05, 3.63) is 33.8 Å². The Balaban J connectivity index is 2.92. The van der Waals surface area contributed by atoms with E-state index in [1.54, 1.807) is 0 Å². The first-order valence-electron chi connectivity index (χ1n) is 3.60. The monoisotopic (exact) mass is 251 g/mol. The van der Waals surface area contributed by atoms with E-state index in [2.05, 4.69) is 20.8 Å². The molecule has 0 aromatic heterocycles. The van der Waals surface area contributed by atoms with Crippen molar-refractivity contribution in [2.24, 2.45) is 5.90 Å². The number of rotatable bonds is 3. The highest BCUT2D eigenvalue weighted by molar-refractivity contribution is 9.10. The maximum atomic E-state index is 13.1. The van der Waals surface area contributed by atoms with Crippen LogP contribution in [0.2, 0.25) is 0 Å². The summed E-state index contributed by atoms with van der Waals surface area (Å²) in [6, 6.07) is 2.41. The molecule has 0 radical (unpaired) electrons. The lowest BCUT2D eigenvalue weighted by atomic mass is 10.1. The molecule has 0 fully saturated rings. The van der Waals surface area contributed by atoms with E-state index in [1.807, 2.05) is 0 Å². The zero-order valence-electron chi connectivity index (χ0n) is 6.69. The topological polar surface area (TPSA) is 35.2 Å². The SMILES string of the molecule is NOCCc1c(F)cc(Br)cc1F. The molecule has 1 aromatic carbocycles. The summed E-state index contributed by atoms with van der Waals surface area (Å²) in [5.41, 5.74) is -0.00588. The molecule has 0 saturated carbocycles. The van der Waals surface area contributed by atoms with Crippen LogP contribution in [0.25, 0.3) is 0 Å². The van der Waals surface area contributed by atoms with Gasteiger partial charge in [-0.2, -0.15) is 0 Å². The zero-order valence-corrected chi connectivity index (χ0v) is 8.27. The van der Waals surface area contributed by atoms with Crippen molar-refractivity contribution in [2.45, 2.75) is 6.42 Å². The smallest absolute Gasteiger partial charge is 0.130 e. The molecule has 0 bridgehead atoms. The van der Waals surface area contributed by atoms with Gasteiger partial charge in [-0.1, -0.05) is 15.9 Å². The lowest BCUT2D eigenvalue weighted by Crippen LogP contribution is -2.06. The number of hydrogen-bond acceptors (Lipinski definition) is 2. The first-order chi connectivity index (χ1) is 6.15. The minimum Gasteiger partial charge on any atom is -0.304 e. The van der Waals surface area contributed by atoms with E-state index in [0.29, 0.717) is 4.47 Å². The number of benzene rings is 1. The molecule has 0 amide bonds. The van der Waals surface area contributed by atoms with E-state index >= 15 is 0 Å². The molecule has 0 heterocycles.